The van der Waals surface area contributed by atoms with Gasteiger partial charge in [-0.3, -0.25) is 4.79 Å². The summed E-state index contributed by atoms with van der Waals surface area (Å²) in [5.41, 5.74) is 2.75. The van der Waals surface area contributed by atoms with Crippen LogP contribution < -0.4 is 4.74 Å². The third-order valence-electron chi connectivity index (χ3n) is 4.81. The molecular formula is C21H20ClN3O3. The Bertz CT molecular complexity index is 1020. The third kappa shape index (κ3) is 3.47. The summed E-state index contributed by atoms with van der Waals surface area (Å²) in [6.07, 6.45) is 0.612. The summed E-state index contributed by atoms with van der Waals surface area (Å²) in [7, 11) is 0. The molecule has 2 heterocycles. The Morgan fingerprint density at radius 2 is 2.04 bits per heavy atom. The lowest BCUT2D eigenvalue weighted by molar-refractivity contribution is 0.0598. The van der Waals surface area contributed by atoms with E-state index in [1.807, 2.05) is 25.1 Å². The second-order valence-corrected chi connectivity index (χ2v) is 7.09. The largest absolute Gasteiger partial charge is 0.493 e. The van der Waals surface area contributed by atoms with E-state index in [9.17, 15) is 4.79 Å². The third-order valence-corrected chi connectivity index (χ3v) is 5.05. The van der Waals surface area contributed by atoms with Crippen LogP contribution in [0.5, 0.6) is 5.75 Å². The van der Waals surface area contributed by atoms with Gasteiger partial charge in [-0.2, -0.15) is 0 Å². The lowest BCUT2D eigenvalue weighted by Crippen LogP contribution is -2.39. The van der Waals surface area contributed by atoms with E-state index < -0.39 is 0 Å². The van der Waals surface area contributed by atoms with E-state index >= 15 is 0 Å². The van der Waals surface area contributed by atoms with Crippen molar-refractivity contribution in [2.24, 2.45) is 0 Å². The van der Waals surface area contributed by atoms with Gasteiger partial charge in [0.25, 0.3) is 5.91 Å². The highest BCUT2D eigenvalue weighted by Gasteiger charge is 2.35. The number of hydrogen-bond donors (Lipinski definition) is 0. The molecule has 0 saturated heterocycles. The van der Waals surface area contributed by atoms with Crippen molar-refractivity contribution >= 4 is 17.5 Å². The molecule has 0 saturated carbocycles. The lowest BCUT2D eigenvalue weighted by atomic mass is 9.93. The number of benzene rings is 2. The van der Waals surface area contributed by atoms with Crippen LogP contribution in [0.2, 0.25) is 5.02 Å². The fourth-order valence-corrected chi connectivity index (χ4v) is 3.67. The number of halogens is 1. The molecule has 7 heteroatoms. The van der Waals surface area contributed by atoms with E-state index in [0.717, 1.165) is 5.56 Å². The monoisotopic (exact) mass is 397 g/mol. The molecule has 1 unspecified atom stereocenters. The van der Waals surface area contributed by atoms with Crippen LogP contribution in [0.4, 0.5) is 0 Å². The molecule has 1 aliphatic heterocycles. The maximum atomic E-state index is 13.5. The second kappa shape index (κ2) is 7.64. The van der Waals surface area contributed by atoms with E-state index in [2.05, 4.69) is 16.3 Å². The molecule has 3 aromatic rings. The van der Waals surface area contributed by atoms with E-state index in [-0.39, 0.29) is 11.9 Å². The summed E-state index contributed by atoms with van der Waals surface area (Å²) in [4.78, 5) is 15.3. The van der Waals surface area contributed by atoms with Crippen molar-refractivity contribution in [1.29, 1.82) is 0 Å². The maximum absolute atomic E-state index is 13.5. The Balaban J connectivity index is 1.76. The number of nitrogens with zero attached hydrogens (tertiary/aromatic N) is 3. The van der Waals surface area contributed by atoms with Crippen LogP contribution in [0.25, 0.3) is 0 Å². The SMILES string of the molecule is CCOc1cc(Cl)ccc1C(=O)N1Cc2ccccc2CC1c1nnc(C)o1. The predicted octanol–water partition coefficient (Wildman–Crippen LogP) is 4.37. The quantitative estimate of drug-likeness (QED) is 0.653. The van der Waals surface area contributed by atoms with Crippen molar-refractivity contribution in [3.8, 4) is 5.75 Å². The molecule has 0 N–H and O–H groups in total. The molecule has 0 fully saturated rings. The minimum atomic E-state index is -0.339. The summed E-state index contributed by atoms with van der Waals surface area (Å²) >= 11 is 6.10. The van der Waals surface area contributed by atoms with Gasteiger partial charge in [-0.1, -0.05) is 35.9 Å². The van der Waals surface area contributed by atoms with Crippen LogP contribution in [-0.4, -0.2) is 27.6 Å². The van der Waals surface area contributed by atoms with Gasteiger partial charge in [0, 0.05) is 24.9 Å². The molecule has 1 amide bonds. The first kappa shape index (κ1) is 18.5. The molecule has 0 bridgehead atoms. The van der Waals surface area contributed by atoms with Gasteiger partial charge in [0.2, 0.25) is 11.8 Å². The zero-order chi connectivity index (χ0) is 19.7. The van der Waals surface area contributed by atoms with E-state index in [0.29, 0.717) is 47.7 Å². The summed E-state index contributed by atoms with van der Waals surface area (Å²) in [6.45, 7) is 4.51. The first-order valence-corrected chi connectivity index (χ1v) is 9.54. The molecule has 2 aromatic carbocycles. The number of aryl methyl sites for hydroxylation is 1. The van der Waals surface area contributed by atoms with Gasteiger partial charge < -0.3 is 14.1 Å². The van der Waals surface area contributed by atoms with Crippen molar-refractivity contribution in [3.05, 3.63) is 76.0 Å². The van der Waals surface area contributed by atoms with Crippen molar-refractivity contribution in [1.82, 2.24) is 15.1 Å². The first-order chi connectivity index (χ1) is 13.6. The summed E-state index contributed by atoms with van der Waals surface area (Å²) in [5.74, 6) is 1.23. The number of fused-ring (bicyclic) bond motifs is 1. The van der Waals surface area contributed by atoms with Gasteiger partial charge >= 0.3 is 0 Å². The zero-order valence-corrected chi connectivity index (χ0v) is 16.4. The van der Waals surface area contributed by atoms with Gasteiger partial charge in [0.1, 0.15) is 11.8 Å². The van der Waals surface area contributed by atoms with Crippen LogP contribution >= 0.6 is 11.6 Å². The number of ether oxygens (including phenoxy) is 1. The van der Waals surface area contributed by atoms with Crippen molar-refractivity contribution in [3.63, 3.8) is 0 Å². The molecule has 1 aromatic heterocycles. The molecule has 1 atom stereocenters. The number of hydrogen-bond acceptors (Lipinski definition) is 5. The highest BCUT2D eigenvalue weighted by atomic mass is 35.5. The Morgan fingerprint density at radius 3 is 2.75 bits per heavy atom. The Labute approximate surface area is 168 Å². The molecule has 0 spiro atoms. The lowest BCUT2D eigenvalue weighted by Gasteiger charge is -2.35. The van der Waals surface area contributed by atoms with Crippen molar-refractivity contribution in [2.75, 3.05) is 6.61 Å². The minimum absolute atomic E-state index is 0.157. The zero-order valence-electron chi connectivity index (χ0n) is 15.7. The molecule has 28 heavy (non-hydrogen) atoms. The Kier molecular flexibility index (Phi) is 5.05. The highest BCUT2D eigenvalue weighted by Crippen LogP contribution is 2.35. The van der Waals surface area contributed by atoms with Gasteiger partial charge in [-0.05, 0) is 36.2 Å². The summed E-state index contributed by atoms with van der Waals surface area (Å²) < 4.78 is 11.3. The van der Waals surface area contributed by atoms with E-state index in [1.165, 1.54) is 5.56 Å². The Hall–Kier alpha value is -2.86. The number of aromatic nitrogens is 2. The average molecular weight is 398 g/mol. The molecule has 0 radical (unpaired) electrons. The molecule has 144 valence electrons. The van der Waals surface area contributed by atoms with E-state index in [4.69, 9.17) is 20.8 Å². The van der Waals surface area contributed by atoms with Crippen LogP contribution in [0.15, 0.2) is 46.9 Å². The van der Waals surface area contributed by atoms with Gasteiger partial charge in [0.05, 0.1) is 12.2 Å². The maximum Gasteiger partial charge on any atom is 0.258 e. The Morgan fingerprint density at radius 1 is 1.25 bits per heavy atom. The van der Waals surface area contributed by atoms with Gasteiger partial charge in [-0.15, -0.1) is 10.2 Å². The fourth-order valence-electron chi connectivity index (χ4n) is 3.51. The van der Waals surface area contributed by atoms with Crippen LogP contribution in [0.1, 0.15) is 46.2 Å². The second-order valence-electron chi connectivity index (χ2n) is 6.65. The van der Waals surface area contributed by atoms with Crippen LogP contribution in [-0.2, 0) is 13.0 Å². The van der Waals surface area contributed by atoms with Gasteiger partial charge in [0.15, 0.2) is 0 Å². The minimum Gasteiger partial charge on any atom is -0.493 e. The molecule has 1 aliphatic rings. The van der Waals surface area contributed by atoms with Crippen LogP contribution in [0, 0.1) is 6.92 Å². The first-order valence-electron chi connectivity index (χ1n) is 9.17. The smallest absolute Gasteiger partial charge is 0.258 e. The summed E-state index contributed by atoms with van der Waals surface area (Å²) in [5, 5.41) is 8.65. The fraction of sp³-hybridized carbons (Fsp3) is 0.286. The van der Waals surface area contributed by atoms with Crippen molar-refractivity contribution < 1.29 is 13.9 Å². The van der Waals surface area contributed by atoms with Gasteiger partial charge in [-0.25, -0.2) is 0 Å². The number of rotatable bonds is 4. The summed E-state index contributed by atoms with van der Waals surface area (Å²) in [6, 6.07) is 12.8. The normalized spacial score (nSPS) is 16.0. The van der Waals surface area contributed by atoms with Crippen molar-refractivity contribution in [2.45, 2.75) is 32.9 Å². The topological polar surface area (TPSA) is 68.5 Å². The molecular weight excluding hydrogens is 378 g/mol. The standard InChI is InChI=1S/C21H20ClN3O3/c1-3-27-19-11-16(22)8-9-17(19)21(26)25-12-15-7-5-4-6-14(15)10-18(25)20-24-23-13(2)28-20/h4-9,11,18H,3,10,12H2,1-2H3. The van der Waals surface area contributed by atoms with E-state index in [1.54, 1.807) is 30.0 Å². The van der Waals surface area contributed by atoms with Crippen LogP contribution in [0.3, 0.4) is 0 Å². The molecule has 6 nitrogen and oxygen atoms in total. The number of carbonyl (C=O) groups excluding carboxylic acids is 1. The average Bonchev–Trinajstić information content (AvgIpc) is 3.13. The number of carbonyl (C=O) groups is 1. The predicted molar refractivity (Wildman–Crippen MR) is 104 cm³/mol. The highest BCUT2D eigenvalue weighted by molar-refractivity contribution is 6.30. The number of amides is 1. The molecule has 4 rings (SSSR count). The molecule has 0 aliphatic carbocycles.